The molecule has 1 fully saturated rings. The van der Waals surface area contributed by atoms with Gasteiger partial charge in [0.05, 0.1) is 11.7 Å². The lowest BCUT2D eigenvalue weighted by molar-refractivity contribution is -0.133. The van der Waals surface area contributed by atoms with Crippen LogP contribution in [0.2, 0.25) is 0 Å². The lowest BCUT2D eigenvalue weighted by Crippen LogP contribution is -2.31. The number of carbonyl (C=O) groups is 1. The van der Waals surface area contributed by atoms with Crippen LogP contribution in [0.15, 0.2) is 12.3 Å². The van der Waals surface area contributed by atoms with Crippen molar-refractivity contribution in [1.29, 1.82) is 0 Å². The van der Waals surface area contributed by atoms with Crippen LogP contribution >= 0.6 is 0 Å². The van der Waals surface area contributed by atoms with Gasteiger partial charge in [-0.25, -0.2) is 0 Å². The van der Waals surface area contributed by atoms with Gasteiger partial charge in [-0.15, -0.1) is 0 Å². The Morgan fingerprint density at radius 3 is 3.12 bits per heavy atom. The van der Waals surface area contributed by atoms with Crippen molar-refractivity contribution < 1.29 is 4.79 Å². The molecule has 1 aromatic rings. The minimum atomic E-state index is 0.216. The maximum Gasteiger partial charge on any atom is 0.223 e. The van der Waals surface area contributed by atoms with Crippen LogP contribution in [-0.2, 0) is 4.79 Å². The summed E-state index contributed by atoms with van der Waals surface area (Å²) in [5.41, 5.74) is 1.06. The Labute approximate surface area is 96.0 Å². The molecular formula is C12H19N3O. The molecule has 0 bridgehead atoms. The summed E-state index contributed by atoms with van der Waals surface area (Å²) in [6.07, 6.45) is 4.53. The van der Waals surface area contributed by atoms with Crippen molar-refractivity contribution in [3.63, 3.8) is 0 Å². The SMILES string of the molecule is CC(C)CC(=O)N1CCC[C@H]1c1ccn[nH]1. The van der Waals surface area contributed by atoms with Crippen LogP contribution in [0.1, 0.15) is 44.8 Å². The highest BCUT2D eigenvalue weighted by Crippen LogP contribution is 2.31. The third kappa shape index (κ3) is 2.26. The molecule has 2 heterocycles. The van der Waals surface area contributed by atoms with Crippen molar-refractivity contribution in [1.82, 2.24) is 15.1 Å². The molecule has 1 aliphatic heterocycles. The van der Waals surface area contributed by atoms with E-state index in [0.717, 1.165) is 25.1 Å². The molecule has 16 heavy (non-hydrogen) atoms. The van der Waals surface area contributed by atoms with Gasteiger partial charge < -0.3 is 4.90 Å². The number of amides is 1. The molecule has 0 aliphatic carbocycles. The van der Waals surface area contributed by atoms with Crippen LogP contribution in [0.25, 0.3) is 0 Å². The molecule has 88 valence electrons. The number of rotatable bonds is 3. The number of likely N-dealkylation sites (tertiary alicyclic amines) is 1. The maximum absolute atomic E-state index is 12.1. The number of aromatic nitrogens is 2. The van der Waals surface area contributed by atoms with Crippen molar-refractivity contribution in [2.45, 2.75) is 39.2 Å². The number of carbonyl (C=O) groups excluding carboxylic acids is 1. The van der Waals surface area contributed by atoms with Gasteiger partial charge in [-0.3, -0.25) is 9.89 Å². The summed E-state index contributed by atoms with van der Waals surface area (Å²) in [6, 6.07) is 2.18. The average molecular weight is 221 g/mol. The Morgan fingerprint density at radius 1 is 1.69 bits per heavy atom. The summed E-state index contributed by atoms with van der Waals surface area (Å²) < 4.78 is 0. The van der Waals surface area contributed by atoms with E-state index >= 15 is 0 Å². The second kappa shape index (κ2) is 4.68. The number of nitrogens with zero attached hydrogens (tertiary/aromatic N) is 2. The zero-order valence-electron chi connectivity index (χ0n) is 9.94. The molecule has 1 atom stereocenters. The van der Waals surface area contributed by atoms with Gasteiger partial charge in [0.15, 0.2) is 0 Å². The molecule has 4 nitrogen and oxygen atoms in total. The van der Waals surface area contributed by atoms with Crippen molar-refractivity contribution in [3.05, 3.63) is 18.0 Å². The molecule has 1 N–H and O–H groups in total. The van der Waals surface area contributed by atoms with Gasteiger partial charge >= 0.3 is 0 Å². The summed E-state index contributed by atoms with van der Waals surface area (Å²) >= 11 is 0. The van der Waals surface area contributed by atoms with Crippen molar-refractivity contribution in [3.8, 4) is 0 Å². The molecule has 0 unspecified atom stereocenters. The van der Waals surface area contributed by atoms with Gasteiger partial charge in [0.2, 0.25) is 5.91 Å². The van der Waals surface area contributed by atoms with E-state index in [1.165, 1.54) is 0 Å². The van der Waals surface area contributed by atoms with E-state index in [1.807, 2.05) is 11.0 Å². The molecule has 1 amide bonds. The monoisotopic (exact) mass is 221 g/mol. The molecule has 1 saturated heterocycles. The number of H-pyrrole nitrogens is 1. The molecule has 1 aliphatic rings. The fourth-order valence-corrected chi connectivity index (χ4v) is 2.31. The third-order valence-electron chi connectivity index (χ3n) is 3.04. The molecule has 1 aromatic heterocycles. The van der Waals surface area contributed by atoms with Crippen LogP contribution in [0.3, 0.4) is 0 Å². The molecule has 0 spiro atoms. The minimum Gasteiger partial charge on any atom is -0.334 e. The summed E-state index contributed by atoms with van der Waals surface area (Å²) in [5.74, 6) is 0.697. The van der Waals surface area contributed by atoms with E-state index in [1.54, 1.807) is 6.20 Å². The Balaban J connectivity index is 2.06. The number of aromatic amines is 1. The largest absolute Gasteiger partial charge is 0.334 e. The van der Waals surface area contributed by atoms with Gasteiger partial charge in [0.1, 0.15) is 0 Å². The van der Waals surface area contributed by atoms with Gasteiger partial charge in [-0.1, -0.05) is 13.8 Å². The van der Waals surface area contributed by atoms with Gasteiger partial charge in [0, 0.05) is 19.2 Å². The van der Waals surface area contributed by atoms with Crippen LogP contribution in [0.4, 0.5) is 0 Å². The normalized spacial score (nSPS) is 20.7. The van der Waals surface area contributed by atoms with Crippen LogP contribution in [0, 0.1) is 5.92 Å². The van der Waals surface area contributed by atoms with Crippen molar-refractivity contribution in [2.75, 3.05) is 6.54 Å². The van der Waals surface area contributed by atoms with Gasteiger partial charge in [-0.05, 0) is 24.8 Å². The van der Waals surface area contributed by atoms with Gasteiger partial charge in [-0.2, -0.15) is 5.10 Å². The Kier molecular flexibility index (Phi) is 3.27. The van der Waals surface area contributed by atoms with E-state index in [2.05, 4.69) is 24.0 Å². The molecule has 0 saturated carbocycles. The standard InChI is InChI=1S/C12H19N3O/c1-9(2)8-12(16)15-7-3-4-11(15)10-5-6-13-14-10/h5-6,9,11H,3-4,7-8H2,1-2H3,(H,13,14)/t11-/m0/s1. The molecular weight excluding hydrogens is 202 g/mol. The van der Waals surface area contributed by atoms with E-state index in [-0.39, 0.29) is 11.9 Å². The highest BCUT2D eigenvalue weighted by atomic mass is 16.2. The fourth-order valence-electron chi connectivity index (χ4n) is 2.31. The smallest absolute Gasteiger partial charge is 0.223 e. The first-order chi connectivity index (χ1) is 7.68. The number of nitrogens with one attached hydrogen (secondary N) is 1. The van der Waals surface area contributed by atoms with E-state index < -0.39 is 0 Å². The first-order valence-electron chi connectivity index (χ1n) is 5.97. The van der Waals surface area contributed by atoms with Crippen LogP contribution in [-0.4, -0.2) is 27.5 Å². The summed E-state index contributed by atoms with van der Waals surface area (Å²) in [6.45, 7) is 5.05. The second-order valence-electron chi connectivity index (χ2n) is 4.86. The zero-order chi connectivity index (χ0) is 11.5. The number of hydrogen-bond acceptors (Lipinski definition) is 2. The van der Waals surface area contributed by atoms with Crippen LogP contribution < -0.4 is 0 Å². The van der Waals surface area contributed by atoms with Gasteiger partial charge in [0.25, 0.3) is 0 Å². The quantitative estimate of drug-likeness (QED) is 0.850. The second-order valence-corrected chi connectivity index (χ2v) is 4.86. The maximum atomic E-state index is 12.1. The topological polar surface area (TPSA) is 49.0 Å². The Hall–Kier alpha value is -1.32. The lowest BCUT2D eigenvalue weighted by Gasteiger charge is -2.24. The molecule has 2 rings (SSSR count). The molecule has 0 aromatic carbocycles. The minimum absolute atomic E-state index is 0.216. The fraction of sp³-hybridized carbons (Fsp3) is 0.667. The highest BCUT2D eigenvalue weighted by Gasteiger charge is 2.30. The Morgan fingerprint density at radius 2 is 2.50 bits per heavy atom. The van der Waals surface area contributed by atoms with E-state index in [0.29, 0.717) is 12.3 Å². The molecule has 4 heteroatoms. The summed E-state index contributed by atoms with van der Waals surface area (Å²) in [5, 5.41) is 6.93. The highest BCUT2D eigenvalue weighted by molar-refractivity contribution is 5.77. The zero-order valence-corrected chi connectivity index (χ0v) is 9.94. The van der Waals surface area contributed by atoms with E-state index in [9.17, 15) is 4.79 Å². The third-order valence-corrected chi connectivity index (χ3v) is 3.04. The predicted molar refractivity (Wildman–Crippen MR) is 61.7 cm³/mol. The van der Waals surface area contributed by atoms with Crippen molar-refractivity contribution >= 4 is 5.91 Å². The first kappa shape index (κ1) is 11.2. The summed E-state index contributed by atoms with van der Waals surface area (Å²) in [4.78, 5) is 14.0. The average Bonchev–Trinajstić information content (AvgIpc) is 2.87. The van der Waals surface area contributed by atoms with Crippen molar-refractivity contribution in [2.24, 2.45) is 5.92 Å². The Bertz CT molecular complexity index is 345. The lowest BCUT2D eigenvalue weighted by atomic mass is 10.1. The van der Waals surface area contributed by atoms with E-state index in [4.69, 9.17) is 0 Å². The predicted octanol–water partition coefficient (Wildman–Crippen LogP) is 2.12. The molecule has 0 radical (unpaired) electrons. The summed E-state index contributed by atoms with van der Waals surface area (Å²) in [7, 11) is 0. The van der Waals surface area contributed by atoms with Crippen LogP contribution in [0.5, 0.6) is 0 Å². The number of hydrogen-bond donors (Lipinski definition) is 1. The first-order valence-corrected chi connectivity index (χ1v) is 5.97.